The van der Waals surface area contributed by atoms with Crippen LogP contribution in [0.4, 0.5) is 4.79 Å². The average molecular weight is 395 g/mol. The van der Waals surface area contributed by atoms with E-state index in [9.17, 15) is 9.59 Å². The van der Waals surface area contributed by atoms with Crippen molar-refractivity contribution in [1.29, 1.82) is 0 Å². The molecule has 2 aliphatic carbocycles. The van der Waals surface area contributed by atoms with Gasteiger partial charge in [0.25, 0.3) is 0 Å². The van der Waals surface area contributed by atoms with Gasteiger partial charge in [0.15, 0.2) is 0 Å². The van der Waals surface area contributed by atoms with Gasteiger partial charge in [0.05, 0.1) is 6.04 Å². The maximum Gasteiger partial charge on any atom is 0.315 e. The molecule has 1 fully saturated rings. The number of hydrogen-bond donors (Lipinski definition) is 3. The molecule has 0 spiro atoms. The predicted octanol–water partition coefficient (Wildman–Crippen LogP) is 3.86. The number of isocyanates is 1. The van der Waals surface area contributed by atoms with Crippen LogP contribution in [0.3, 0.4) is 0 Å². The summed E-state index contributed by atoms with van der Waals surface area (Å²) in [5.41, 5.74) is 3.72. The van der Waals surface area contributed by atoms with Gasteiger partial charge in [-0.05, 0) is 48.1 Å². The number of aromatic amines is 1. The lowest BCUT2D eigenvalue weighted by Gasteiger charge is -2.45. The van der Waals surface area contributed by atoms with Crippen LogP contribution in [-0.2, 0) is 17.6 Å². The molecule has 3 unspecified atom stereocenters. The van der Waals surface area contributed by atoms with Crippen molar-refractivity contribution >= 4 is 23.0 Å². The Kier molecular flexibility index (Phi) is 4.99. The van der Waals surface area contributed by atoms with E-state index in [1.807, 2.05) is 6.07 Å². The zero-order valence-electron chi connectivity index (χ0n) is 17.5. The number of aromatic nitrogens is 1. The summed E-state index contributed by atoms with van der Waals surface area (Å²) in [6, 6.07) is 8.30. The summed E-state index contributed by atoms with van der Waals surface area (Å²) in [6.07, 6.45) is 6.08. The van der Waals surface area contributed by atoms with E-state index in [0.29, 0.717) is 6.54 Å². The molecule has 2 aromatic rings. The number of H-pyrrole nitrogens is 1. The number of benzene rings is 1. The third kappa shape index (κ3) is 4.23. The van der Waals surface area contributed by atoms with Crippen LogP contribution in [-0.4, -0.2) is 35.7 Å². The molecule has 1 saturated carbocycles. The van der Waals surface area contributed by atoms with Gasteiger partial charge in [-0.1, -0.05) is 39.0 Å². The molecule has 154 valence electrons. The number of urea groups is 1. The quantitative estimate of drug-likeness (QED) is 0.543. The van der Waals surface area contributed by atoms with Gasteiger partial charge < -0.3 is 15.6 Å². The maximum atomic E-state index is 12.6. The van der Waals surface area contributed by atoms with Gasteiger partial charge >= 0.3 is 6.03 Å². The molecule has 4 rings (SSSR count). The number of aliphatic imine (C=N–C) groups is 1. The summed E-state index contributed by atoms with van der Waals surface area (Å²) in [4.78, 5) is 30.8. The topological polar surface area (TPSA) is 86.3 Å². The highest BCUT2D eigenvalue weighted by Gasteiger charge is 2.41. The van der Waals surface area contributed by atoms with Crippen molar-refractivity contribution in [1.82, 2.24) is 15.6 Å². The molecule has 2 aliphatic rings. The Hall–Kier alpha value is -2.59. The molecular weight excluding hydrogens is 364 g/mol. The van der Waals surface area contributed by atoms with E-state index in [1.54, 1.807) is 6.08 Å². The Morgan fingerprint density at radius 2 is 2.03 bits per heavy atom. The van der Waals surface area contributed by atoms with E-state index in [4.69, 9.17) is 0 Å². The van der Waals surface area contributed by atoms with E-state index in [1.165, 1.54) is 22.2 Å². The van der Waals surface area contributed by atoms with Gasteiger partial charge in [-0.25, -0.2) is 14.6 Å². The van der Waals surface area contributed by atoms with Gasteiger partial charge in [-0.2, -0.15) is 0 Å². The Labute approximate surface area is 171 Å². The van der Waals surface area contributed by atoms with Crippen LogP contribution in [0.1, 0.15) is 51.3 Å². The Morgan fingerprint density at radius 3 is 2.83 bits per heavy atom. The Morgan fingerprint density at radius 1 is 1.24 bits per heavy atom. The molecule has 3 N–H and O–H groups in total. The van der Waals surface area contributed by atoms with Gasteiger partial charge in [-0.15, -0.1) is 0 Å². The first-order valence-electron chi connectivity index (χ1n) is 10.5. The van der Waals surface area contributed by atoms with Gasteiger partial charge in [0, 0.05) is 35.6 Å². The number of fused-ring (bicyclic) bond motifs is 3. The summed E-state index contributed by atoms with van der Waals surface area (Å²) in [6.45, 7) is 7.16. The van der Waals surface area contributed by atoms with Crippen LogP contribution in [0.2, 0.25) is 0 Å². The van der Waals surface area contributed by atoms with Crippen LogP contribution in [0.5, 0.6) is 0 Å². The first kappa shape index (κ1) is 19.7. The van der Waals surface area contributed by atoms with Crippen LogP contribution >= 0.6 is 0 Å². The second-order valence-electron chi connectivity index (χ2n) is 9.99. The second kappa shape index (κ2) is 7.34. The lowest BCUT2D eigenvalue weighted by atomic mass is 9.63. The van der Waals surface area contributed by atoms with Crippen LogP contribution in [0, 0.1) is 10.8 Å². The van der Waals surface area contributed by atoms with Crippen LogP contribution in [0.15, 0.2) is 29.3 Å². The lowest BCUT2D eigenvalue weighted by molar-refractivity contribution is 0.0849. The molecule has 0 radical (unpaired) electrons. The first-order valence-corrected chi connectivity index (χ1v) is 10.5. The number of para-hydroxylation sites is 1. The van der Waals surface area contributed by atoms with Crippen LogP contribution < -0.4 is 10.6 Å². The number of amides is 2. The van der Waals surface area contributed by atoms with Crippen molar-refractivity contribution in [2.24, 2.45) is 15.8 Å². The van der Waals surface area contributed by atoms with Crippen molar-refractivity contribution < 1.29 is 9.59 Å². The number of rotatable bonds is 4. The molecule has 0 bridgehead atoms. The van der Waals surface area contributed by atoms with Crippen molar-refractivity contribution in [3.63, 3.8) is 0 Å². The molecule has 3 atom stereocenters. The van der Waals surface area contributed by atoms with Gasteiger partial charge in [0.2, 0.25) is 6.08 Å². The number of carbonyl (C=O) groups excluding carboxylic acids is 2. The first-order chi connectivity index (χ1) is 13.8. The molecule has 6 heteroatoms. The SMILES string of the molecule is CC1(C)CC(N=C=O)CC(C)(CNC(=O)NC2Cc3[nH]c4ccccc4c3C2)C1. The van der Waals surface area contributed by atoms with Gasteiger partial charge in [-0.3, -0.25) is 0 Å². The van der Waals surface area contributed by atoms with E-state index in [-0.39, 0.29) is 28.9 Å². The van der Waals surface area contributed by atoms with Crippen molar-refractivity contribution in [3.05, 3.63) is 35.5 Å². The highest BCUT2D eigenvalue weighted by molar-refractivity contribution is 5.85. The highest BCUT2D eigenvalue weighted by Crippen LogP contribution is 2.46. The zero-order chi connectivity index (χ0) is 20.6. The summed E-state index contributed by atoms with van der Waals surface area (Å²) in [5, 5.41) is 7.47. The Bertz CT molecular complexity index is 972. The minimum absolute atomic E-state index is 0.0146. The third-order valence-electron chi connectivity index (χ3n) is 6.47. The number of nitrogens with zero attached hydrogens (tertiary/aromatic N) is 1. The van der Waals surface area contributed by atoms with Crippen molar-refractivity contribution in [2.45, 2.75) is 65.0 Å². The zero-order valence-corrected chi connectivity index (χ0v) is 17.5. The molecule has 1 aromatic heterocycles. The minimum atomic E-state index is -0.121. The number of hydrogen-bond acceptors (Lipinski definition) is 3. The predicted molar refractivity (Wildman–Crippen MR) is 114 cm³/mol. The number of nitrogens with one attached hydrogen (secondary N) is 3. The fourth-order valence-corrected chi connectivity index (χ4v) is 5.74. The fourth-order valence-electron chi connectivity index (χ4n) is 5.74. The minimum Gasteiger partial charge on any atom is -0.358 e. The average Bonchev–Trinajstić information content (AvgIpc) is 3.16. The second-order valence-corrected chi connectivity index (χ2v) is 9.99. The van der Waals surface area contributed by atoms with E-state index in [0.717, 1.165) is 32.1 Å². The largest absolute Gasteiger partial charge is 0.358 e. The summed E-state index contributed by atoms with van der Waals surface area (Å²) >= 11 is 0. The fraction of sp³-hybridized carbons (Fsp3) is 0.565. The van der Waals surface area contributed by atoms with Crippen molar-refractivity contribution in [2.75, 3.05) is 6.54 Å². The van der Waals surface area contributed by atoms with Crippen LogP contribution in [0.25, 0.3) is 10.9 Å². The maximum absolute atomic E-state index is 12.6. The van der Waals surface area contributed by atoms with Crippen molar-refractivity contribution in [3.8, 4) is 0 Å². The summed E-state index contributed by atoms with van der Waals surface area (Å²) < 4.78 is 0. The number of carbonyl (C=O) groups is 1. The standard InChI is InChI=1S/C23H30N4O2/c1-22(2)10-16(25-14-28)11-23(3,12-22)13-24-21(29)26-15-8-18-17-6-4-5-7-19(17)27-20(18)9-15/h4-7,15-16,27H,8-13H2,1-3H3,(H2,24,26,29). The molecule has 29 heavy (non-hydrogen) atoms. The lowest BCUT2D eigenvalue weighted by Crippen LogP contribution is -2.49. The molecule has 0 saturated heterocycles. The molecule has 6 nitrogen and oxygen atoms in total. The highest BCUT2D eigenvalue weighted by atomic mass is 16.2. The normalized spacial score (nSPS) is 27.8. The van der Waals surface area contributed by atoms with Gasteiger partial charge in [0.1, 0.15) is 0 Å². The molecular formula is C23H30N4O2. The third-order valence-corrected chi connectivity index (χ3v) is 6.47. The van der Waals surface area contributed by atoms with E-state index in [2.05, 4.69) is 59.6 Å². The Balaban J connectivity index is 1.33. The molecule has 0 aliphatic heterocycles. The van der Waals surface area contributed by atoms with E-state index < -0.39 is 0 Å². The monoisotopic (exact) mass is 394 g/mol. The van der Waals surface area contributed by atoms with E-state index >= 15 is 0 Å². The summed E-state index contributed by atoms with van der Waals surface area (Å²) in [5.74, 6) is 0. The summed E-state index contributed by atoms with van der Waals surface area (Å²) in [7, 11) is 0. The molecule has 2 amide bonds. The molecule has 1 aromatic carbocycles. The molecule has 1 heterocycles. The smallest absolute Gasteiger partial charge is 0.315 e.